The first kappa shape index (κ1) is 19.7. The molecule has 29 heavy (non-hydrogen) atoms. The fourth-order valence-electron chi connectivity index (χ4n) is 3.33. The summed E-state index contributed by atoms with van der Waals surface area (Å²) in [6.07, 6.45) is 2.32. The van der Waals surface area contributed by atoms with E-state index in [1.807, 2.05) is 41.5 Å². The molecule has 0 bridgehead atoms. The van der Waals surface area contributed by atoms with Crippen molar-refractivity contribution in [2.45, 2.75) is 44.3 Å². The van der Waals surface area contributed by atoms with Gasteiger partial charge in [-0.3, -0.25) is 4.79 Å². The van der Waals surface area contributed by atoms with Crippen LogP contribution in [0.2, 0.25) is 0 Å². The molecular weight excluding hydrogens is 404 g/mol. The maximum Gasteiger partial charge on any atom is 0.235 e. The predicted molar refractivity (Wildman–Crippen MR) is 114 cm³/mol. The highest BCUT2D eigenvalue weighted by molar-refractivity contribution is 7.99. The number of hydrogen-bond acceptors (Lipinski definition) is 6. The number of hydrogen-bond donors (Lipinski definition) is 1. The van der Waals surface area contributed by atoms with E-state index in [1.165, 1.54) is 16.6 Å². The number of carbonyl (C=O) groups is 1. The Morgan fingerprint density at radius 1 is 1.41 bits per heavy atom. The summed E-state index contributed by atoms with van der Waals surface area (Å²) in [5.41, 5.74) is 2.40. The van der Waals surface area contributed by atoms with E-state index < -0.39 is 0 Å². The number of thiophene rings is 1. The minimum Gasteiger partial charge on any atom is -0.325 e. The molecule has 150 valence electrons. The van der Waals surface area contributed by atoms with Crippen LogP contribution in [0.4, 0.5) is 5.82 Å². The summed E-state index contributed by atoms with van der Waals surface area (Å²) in [6, 6.07) is 6.31. The first-order valence-electron chi connectivity index (χ1n) is 9.43. The number of nitrogens with one attached hydrogen (secondary N) is 1. The van der Waals surface area contributed by atoms with Crippen molar-refractivity contribution in [2.24, 2.45) is 7.05 Å². The lowest BCUT2D eigenvalue weighted by Crippen LogP contribution is -2.18. The quantitative estimate of drug-likeness (QED) is 0.580. The molecule has 1 saturated carbocycles. The SMILES string of the molecule is Cc1c(C#N)c(NC(=O)CSc2nnc(C3CC3)n2C)n(Cc2cccs2)c1C. The maximum absolute atomic E-state index is 12.7. The highest BCUT2D eigenvalue weighted by Crippen LogP contribution is 2.39. The molecule has 0 aliphatic heterocycles. The van der Waals surface area contributed by atoms with E-state index >= 15 is 0 Å². The second-order valence-electron chi connectivity index (χ2n) is 7.22. The largest absolute Gasteiger partial charge is 0.325 e. The van der Waals surface area contributed by atoms with Crippen LogP contribution in [0.25, 0.3) is 0 Å². The van der Waals surface area contributed by atoms with Gasteiger partial charge < -0.3 is 14.5 Å². The van der Waals surface area contributed by atoms with E-state index in [2.05, 4.69) is 27.6 Å². The maximum atomic E-state index is 12.7. The van der Waals surface area contributed by atoms with Crippen LogP contribution in [-0.4, -0.2) is 31.0 Å². The second-order valence-corrected chi connectivity index (χ2v) is 9.20. The van der Waals surface area contributed by atoms with Crippen LogP contribution in [0.5, 0.6) is 0 Å². The van der Waals surface area contributed by atoms with Gasteiger partial charge in [0.2, 0.25) is 5.91 Å². The molecule has 1 aliphatic carbocycles. The molecule has 0 radical (unpaired) electrons. The van der Waals surface area contributed by atoms with Gasteiger partial charge in [0.05, 0.1) is 17.9 Å². The Hall–Kier alpha value is -2.57. The topological polar surface area (TPSA) is 88.5 Å². The Morgan fingerprint density at radius 2 is 2.21 bits per heavy atom. The predicted octanol–water partition coefficient (Wildman–Crippen LogP) is 3.82. The molecule has 0 atom stereocenters. The van der Waals surface area contributed by atoms with Crippen molar-refractivity contribution in [1.82, 2.24) is 19.3 Å². The highest BCUT2D eigenvalue weighted by atomic mass is 32.2. The van der Waals surface area contributed by atoms with Crippen molar-refractivity contribution in [1.29, 1.82) is 5.26 Å². The van der Waals surface area contributed by atoms with Gasteiger partial charge in [-0.1, -0.05) is 17.8 Å². The van der Waals surface area contributed by atoms with Gasteiger partial charge in [0.15, 0.2) is 5.16 Å². The summed E-state index contributed by atoms with van der Waals surface area (Å²) in [6.45, 7) is 4.53. The summed E-state index contributed by atoms with van der Waals surface area (Å²) in [5, 5.41) is 23.8. The highest BCUT2D eigenvalue weighted by Gasteiger charge is 2.29. The van der Waals surface area contributed by atoms with E-state index in [9.17, 15) is 10.1 Å². The van der Waals surface area contributed by atoms with E-state index in [0.717, 1.165) is 35.1 Å². The zero-order valence-electron chi connectivity index (χ0n) is 16.6. The minimum absolute atomic E-state index is 0.160. The molecule has 3 aromatic heterocycles. The molecule has 1 N–H and O–H groups in total. The molecule has 0 unspecified atom stereocenters. The van der Waals surface area contributed by atoms with E-state index in [1.54, 1.807) is 11.3 Å². The lowest BCUT2D eigenvalue weighted by Gasteiger charge is -2.12. The van der Waals surface area contributed by atoms with Gasteiger partial charge in [-0.25, -0.2) is 0 Å². The number of thioether (sulfide) groups is 1. The van der Waals surface area contributed by atoms with Crippen LogP contribution in [0.3, 0.4) is 0 Å². The van der Waals surface area contributed by atoms with Gasteiger partial charge in [0, 0.05) is 23.5 Å². The van der Waals surface area contributed by atoms with Gasteiger partial charge in [-0.15, -0.1) is 21.5 Å². The average Bonchev–Trinajstić information content (AvgIpc) is 3.21. The van der Waals surface area contributed by atoms with Crippen LogP contribution in [0.1, 0.15) is 46.3 Å². The Balaban J connectivity index is 1.50. The molecule has 0 spiro atoms. The Kier molecular flexibility index (Phi) is 5.48. The summed E-state index contributed by atoms with van der Waals surface area (Å²) in [5.74, 6) is 2.13. The number of nitriles is 1. The number of anilines is 1. The van der Waals surface area contributed by atoms with Crippen molar-refractivity contribution in [3.05, 3.63) is 45.0 Å². The van der Waals surface area contributed by atoms with Crippen LogP contribution in [-0.2, 0) is 18.4 Å². The summed E-state index contributed by atoms with van der Waals surface area (Å²) in [7, 11) is 1.95. The molecule has 3 heterocycles. The first-order valence-corrected chi connectivity index (χ1v) is 11.3. The van der Waals surface area contributed by atoms with Crippen LogP contribution in [0, 0.1) is 25.2 Å². The van der Waals surface area contributed by atoms with Crippen LogP contribution in [0.15, 0.2) is 22.7 Å². The zero-order valence-corrected chi connectivity index (χ0v) is 18.2. The van der Waals surface area contributed by atoms with Crippen molar-refractivity contribution in [3.8, 4) is 6.07 Å². The molecule has 1 aliphatic rings. The van der Waals surface area contributed by atoms with Gasteiger partial charge in [0.25, 0.3) is 0 Å². The van der Waals surface area contributed by atoms with Crippen molar-refractivity contribution in [3.63, 3.8) is 0 Å². The molecule has 0 saturated heterocycles. The molecule has 1 amide bonds. The second kappa shape index (κ2) is 8.05. The fourth-order valence-corrected chi connectivity index (χ4v) is 4.74. The van der Waals surface area contributed by atoms with Crippen molar-refractivity contribution >= 4 is 34.8 Å². The number of amides is 1. The summed E-state index contributed by atoms with van der Waals surface area (Å²) < 4.78 is 3.99. The smallest absolute Gasteiger partial charge is 0.235 e. The summed E-state index contributed by atoms with van der Waals surface area (Å²) in [4.78, 5) is 13.9. The molecule has 9 heteroatoms. The van der Waals surface area contributed by atoms with Crippen molar-refractivity contribution < 1.29 is 4.79 Å². The van der Waals surface area contributed by atoms with E-state index in [-0.39, 0.29) is 11.7 Å². The third-order valence-corrected chi connectivity index (χ3v) is 7.12. The normalized spacial score (nSPS) is 13.4. The molecule has 7 nitrogen and oxygen atoms in total. The number of carbonyl (C=O) groups excluding carboxylic acids is 1. The monoisotopic (exact) mass is 426 g/mol. The fraction of sp³-hybridized carbons (Fsp3) is 0.400. The third kappa shape index (κ3) is 3.95. The zero-order chi connectivity index (χ0) is 20.5. The number of rotatable bonds is 7. The first-order chi connectivity index (χ1) is 14.0. The number of nitrogens with zero attached hydrogens (tertiary/aromatic N) is 5. The minimum atomic E-state index is -0.160. The number of aromatic nitrogens is 4. The third-order valence-electron chi connectivity index (χ3n) is 5.24. The van der Waals surface area contributed by atoms with Gasteiger partial charge in [-0.2, -0.15) is 5.26 Å². The summed E-state index contributed by atoms with van der Waals surface area (Å²) >= 11 is 3.02. The van der Waals surface area contributed by atoms with Crippen LogP contribution < -0.4 is 5.32 Å². The Labute approximate surface area is 177 Å². The van der Waals surface area contributed by atoms with Gasteiger partial charge in [0.1, 0.15) is 17.7 Å². The average molecular weight is 427 g/mol. The molecule has 1 fully saturated rings. The van der Waals surface area contributed by atoms with Gasteiger partial charge in [-0.05, 0) is 43.7 Å². The van der Waals surface area contributed by atoms with E-state index in [4.69, 9.17) is 0 Å². The lowest BCUT2D eigenvalue weighted by atomic mass is 10.2. The van der Waals surface area contributed by atoms with Crippen LogP contribution >= 0.6 is 23.1 Å². The molecule has 0 aromatic carbocycles. The standard InChI is InChI=1S/C20H22N6OS2/c1-12-13(2)26(10-15-5-4-8-28-15)19(16(12)9-21)22-17(27)11-29-20-24-23-18(25(20)3)14-6-7-14/h4-5,8,14H,6-7,10-11H2,1-3H3,(H,22,27). The lowest BCUT2D eigenvalue weighted by molar-refractivity contribution is -0.113. The Bertz CT molecular complexity index is 1090. The molecule has 4 rings (SSSR count). The molecule has 3 aromatic rings. The van der Waals surface area contributed by atoms with E-state index in [0.29, 0.717) is 23.8 Å². The molecular formula is C20H22N6OS2. The Morgan fingerprint density at radius 3 is 2.86 bits per heavy atom. The van der Waals surface area contributed by atoms with Gasteiger partial charge >= 0.3 is 0 Å². The van der Waals surface area contributed by atoms with Crippen molar-refractivity contribution in [2.75, 3.05) is 11.1 Å².